The fourth-order valence-corrected chi connectivity index (χ4v) is 2.12. The Kier molecular flexibility index (Phi) is 4.45. The molecule has 0 aromatic rings. The van der Waals surface area contributed by atoms with Crippen molar-refractivity contribution in [3.8, 4) is 0 Å². The van der Waals surface area contributed by atoms with Crippen molar-refractivity contribution in [3.63, 3.8) is 0 Å². The first-order valence-corrected chi connectivity index (χ1v) is 5.31. The van der Waals surface area contributed by atoms with Crippen LogP contribution in [-0.4, -0.2) is 41.5 Å². The molecule has 88 valence electrons. The van der Waals surface area contributed by atoms with Gasteiger partial charge in [-0.25, -0.2) is 8.78 Å². The predicted octanol–water partition coefficient (Wildman–Crippen LogP) is 1.83. The van der Waals surface area contributed by atoms with Crippen LogP contribution in [0, 0.1) is 5.92 Å². The molecule has 15 heavy (non-hydrogen) atoms. The van der Waals surface area contributed by atoms with Crippen molar-refractivity contribution in [1.82, 2.24) is 4.90 Å². The molecular formula is C10H17F2NO2. The van der Waals surface area contributed by atoms with Crippen molar-refractivity contribution in [2.45, 2.75) is 38.7 Å². The van der Waals surface area contributed by atoms with Crippen LogP contribution in [0.3, 0.4) is 0 Å². The molecule has 1 aliphatic heterocycles. The van der Waals surface area contributed by atoms with E-state index in [0.29, 0.717) is 25.8 Å². The molecular weight excluding hydrogens is 204 g/mol. The largest absolute Gasteiger partial charge is 0.480 e. The summed E-state index contributed by atoms with van der Waals surface area (Å²) in [5, 5.41) is 8.92. The second kappa shape index (κ2) is 5.39. The van der Waals surface area contributed by atoms with Crippen LogP contribution in [-0.2, 0) is 4.79 Å². The average Bonchev–Trinajstić information content (AvgIpc) is 2.18. The SMILES string of the molecule is CC[C@@H](C(=O)O)N1CCC[C@@H](C(F)F)C1. The van der Waals surface area contributed by atoms with Gasteiger partial charge < -0.3 is 5.11 Å². The lowest BCUT2D eigenvalue weighted by molar-refractivity contribution is -0.144. The number of nitrogens with zero attached hydrogens (tertiary/aromatic N) is 1. The van der Waals surface area contributed by atoms with Gasteiger partial charge in [0, 0.05) is 12.5 Å². The minimum atomic E-state index is -2.33. The van der Waals surface area contributed by atoms with E-state index in [1.807, 2.05) is 0 Å². The van der Waals surface area contributed by atoms with Gasteiger partial charge in [0.1, 0.15) is 6.04 Å². The van der Waals surface area contributed by atoms with Crippen LogP contribution in [0.15, 0.2) is 0 Å². The first-order valence-electron chi connectivity index (χ1n) is 5.31. The van der Waals surface area contributed by atoms with Gasteiger partial charge in [-0.15, -0.1) is 0 Å². The molecule has 1 saturated heterocycles. The maximum Gasteiger partial charge on any atom is 0.320 e. The van der Waals surface area contributed by atoms with Crippen molar-refractivity contribution in [2.75, 3.05) is 13.1 Å². The summed E-state index contributed by atoms with van der Waals surface area (Å²) < 4.78 is 25.0. The molecule has 0 amide bonds. The Hall–Kier alpha value is -0.710. The smallest absolute Gasteiger partial charge is 0.320 e. The number of hydrogen-bond acceptors (Lipinski definition) is 2. The summed E-state index contributed by atoms with van der Waals surface area (Å²) in [6.45, 7) is 2.60. The van der Waals surface area contributed by atoms with E-state index < -0.39 is 24.4 Å². The van der Waals surface area contributed by atoms with Gasteiger partial charge in [-0.1, -0.05) is 6.92 Å². The molecule has 5 heteroatoms. The third-order valence-electron chi connectivity index (χ3n) is 2.96. The van der Waals surface area contributed by atoms with E-state index in [1.165, 1.54) is 0 Å². The predicted molar refractivity (Wildman–Crippen MR) is 52.0 cm³/mol. The maximum absolute atomic E-state index is 12.5. The molecule has 0 aromatic carbocycles. The average molecular weight is 221 g/mol. The highest BCUT2D eigenvalue weighted by Crippen LogP contribution is 2.24. The molecule has 0 aromatic heterocycles. The van der Waals surface area contributed by atoms with Crippen LogP contribution in [0.5, 0.6) is 0 Å². The van der Waals surface area contributed by atoms with E-state index in [4.69, 9.17) is 5.11 Å². The molecule has 0 saturated carbocycles. The van der Waals surface area contributed by atoms with E-state index in [0.717, 1.165) is 0 Å². The Morgan fingerprint density at radius 1 is 1.60 bits per heavy atom. The third-order valence-corrected chi connectivity index (χ3v) is 2.96. The Morgan fingerprint density at radius 3 is 2.73 bits per heavy atom. The van der Waals surface area contributed by atoms with Crippen molar-refractivity contribution < 1.29 is 18.7 Å². The van der Waals surface area contributed by atoms with Crippen LogP contribution >= 0.6 is 0 Å². The van der Waals surface area contributed by atoms with E-state index in [1.54, 1.807) is 11.8 Å². The van der Waals surface area contributed by atoms with Crippen molar-refractivity contribution >= 4 is 5.97 Å². The highest BCUT2D eigenvalue weighted by molar-refractivity contribution is 5.73. The number of rotatable bonds is 4. The van der Waals surface area contributed by atoms with Crippen LogP contribution in [0.2, 0.25) is 0 Å². The molecule has 0 aliphatic carbocycles. The monoisotopic (exact) mass is 221 g/mol. The lowest BCUT2D eigenvalue weighted by atomic mass is 9.96. The molecule has 0 unspecified atom stereocenters. The van der Waals surface area contributed by atoms with E-state index in [9.17, 15) is 13.6 Å². The van der Waals surface area contributed by atoms with Crippen molar-refractivity contribution in [1.29, 1.82) is 0 Å². The summed E-state index contributed by atoms with van der Waals surface area (Å²) in [6.07, 6.45) is -0.701. The molecule has 1 aliphatic rings. The highest BCUT2D eigenvalue weighted by Gasteiger charge is 2.32. The van der Waals surface area contributed by atoms with Crippen LogP contribution < -0.4 is 0 Å². The number of carboxylic acid groups (broad SMARTS) is 1. The Bertz CT molecular complexity index is 223. The molecule has 1 heterocycles. The van der Waals surface area contributed by atoms with Gasteiger partial charge in [0.05, 0.1) is 0 Å². The summed E-state index contributed by atoms with van der Waals surface area (Å²) in [4.78, 5) is 12.5. The van der Waals surface area contributed by atoms with Gasteiger partial charge in [-0.3, -0.25) is 9.69 Å². The summed E-state index contributed by atoms with van der Waals surface area (Å²) >= 11 is 0. The number of carbonyl (C=O) groups is 1. The quantitative estimate of drug-likeness (QED) is 0.787. The fourth-order valence-electron chi connectivity index (χ4n) is 2.12. The summed E-state index contributed by atoms with van der Waals surface area (Å²) in [7, 11) is 0. The second-order valence-electron chi connectivity index (χ2n) is 3.99. The van der Waals surface area contributed by atoms with Gasteiger partial charge in [0.2, 0.25) is 6.43 Å². The first-order chi connectivity index (χ1) is 7.06. The zero-order valence-electron chi connectivity index (χ0n) is 8.83. The molecule has 0 radical (unpaired) electrons. The Morgan fingerprint density at radius 2 is 2.27 bits per heavy atom. The van der Waals surface area contributed by atoms with Gasteiger partial charge in [-0.2, -0.15) is 0 Å². The summed E-state index contributed by atoms with van der Waals surface area (Å²) in [5.74, 6) is -1.57. The minimum Gasteiger partial charge on any atom is -0.480 e. The number of hydrogen-bond donors (Lipinski definition) is 1. The number of halogens is 2. The normalized spacial score (nSPS) is 25.5. The molecule has 2 atom stereocenters. The molecule has 1 N–H and O–H groups in total. The van der Waals surface area contributed by atoms with E-state index in [2.05, 4.69) is 0 Å². The molecule has 1 rings (SSSR count). The van der Waals surface area contributed by atoms with Gasteiger partial charge in [0.25, 0.3) is 0 Å². The first kappa shape index (κ1) is 12.4. The molecule has 3 nitrogen and oxygen atoms in total. The minimum absolute atomic E-state index is 0.211. The molecule has 0 spiro atoms. The number of carboxylic acids is 1. The molecule has 0 bridgehead atoms. The number of alkyl halides is 2. The zero-order valence-corrected chi connectivity index (χ0v) is 8.83. The Balaban J connectivity index is 2.58. The number of aliphatic carboxylic acids is 1. The maximum atomic E-state index is 12.5. The number of piperidine rings is 1. The van der Waals surface area contributed by atoms with Gasteiger partial charge >= 0.3 is 5.97 Å². The van der Waals surface area contributed by atoms with Crippen molar-refractivity contribution in [3.05, 3.63) is 0 Å². The zero-order chi connectivity index (χ0) is 11.4. The lowest BCUT2D eigenvalue weighted by Crippen LogP contribution is -2.47. The van der Waals surface area contributed by atoms with Gasteiger partial charge in [-0.05, 0) is 25.8 Å². The Labute approximate surface area is 88.1 Å². The highest BCUT2D eigenvalue weighted by atomic mass is 19.3. The van der Waals surface area contributed by atoms with E-state index in [-0.39, 0.29) is 6.54 Å². The van der Waals surface area contributed by atoms with Gasteiger partial charge in [0.15, 0.2) is 0 Å². The lowest BCUT2D eigenvalue weighted by Gasteiger charge is -2.35. The second-order valence-corrected chi connectivity index (χ2v) is 3.99. The number of likely N-dealkylation sites (tertiary alicyclic amines) is 1. The van der Waals surface area contributed by atoms with Crippen LogP contribution in [0.1, 0.15) is 26.2 Å². The third kappa shape index (κ3) is 3.12. The molecule has 1 fully saturated rings. The standard InChI is InChI=1S/C10H17F2NO2/c1-2-8(10(14)15)13-5-3-4-7(6-13)9(11)12/h7-9H,2-6H2,1H3,(H,14,15)/t7-,8+/m1/s1. The summed E-state index contributed by atoms with van der Waals surface area (Å²) in [6, 6.07) is -0.605. The fraction of sp³-hybridized carbons (Fsp3) is 0.900. The van der Waals surface area contributed by atoms with E-state index >= 15 is 0 Å². The van der Waals surface area contributed by atoms with Crippen LogP contribution in [0.4, 0.5) is 8.78 Å². The summed E-state index contributed by atoms with van der Waals surface area (Å²) in [5.41, 5.74) is 0. The van der Waals surface area contributed by atoms with Crippen LogP contribution in [0.25, 0.3) is 0 Å². The topological polar surface area (TPSA) is 40.5 Å². The van der Waals surface area contributed by atoms with Crippen molar-refractivity contribution in [2.24, 2.45) is 5.92 Å².